The van der Waals surface area contributed by atoms with Crippen molar-refractivity contribution in [1.29, 1.82) is 0 Å². The van der Waals surface area contributed by atoms with E-state index >= 15 is 0 Å². The molecule has 92 valence electrons. The molecule has 0 saturated heterocycles. The highest BCUT2D eigenvalue weighted by molar-refractivity contribution is 7.99. The van der Waals surface area contributed by atoms with Crippen LogP contribution in [0.1, 0.15) is 10.4 Å². The van der Waals surface area contributed by atoms with Gasteiger partial charge >= 0.3 is 0 Å². The van der Waals surface area contributed by atoms with E-state index in [1.807, 2.05) is 18.2 Å². The van der Waals surface area contributed by atoms with Gasteiger partial charge in [0.05, 0.1) is 10.6 Å². The summed E-state index contributed by atoms with van der Waals surface area (Å²) < 4.78 is 0. The van der Waals surface area contributed by atoms with Crippen molar-refractivity contribution < 1.29 is 4.79 Å². The summed E-state index contributed by atoms with van der Waals surface area (Å²) in [6.45, 7) is 0. The van der Waals surface area contributed by atoms with Gasteiger partial charge in [-0.3, -0.25) is 4.79 Å². The van der Waals surface area contributed by atoms with Crippen molar-refractivity contribution in [2.24, 2.45) is 5.73 Å². The first-order valence-electron chi connectivity index (χ1n) is 5.19. The molecular formula is C13H11ClN2OS. The van der Waals surface area contributed by atoms with Crippen LogP contribution in [0.4, 0.5) is 5.69 Å². The van der Waals surface area contributed by atoms with Crippen LogP contribution in [0.15, 0.2) is 52.3 Å². The van der Waals surface area contributed by atoms with Crippen molar-refractivity contribution in [3.63, 3.8) is 0 Å². The SMILES string of the molecule is NC(=O)c1cc(N)ccc1Sc1ccccc1Cl. The summed E-state index contributed by atoms with van der Waals surface area (Å²) in [5, 5.41) is 0.634. The Bertz CT molecular complexity index is 601. The summed E-state index contributed by atoms with van der Waals surface area (Å²) in [5.41, 5.74) is 11.9. The number of carbonyl (C=O) groups is 1. The van der Waals surface area contributed by atoms with Crippen LogP contribution in [-0.4, -0.2) is 5.91 Å². The van der Waals surface area contributed by atoms with Gasteiger partial charge in [-0.2, -0.15) is 0 Å². The maximum Gasteiger partial charge on any atom is 0.249 e. The second-order valence-corrected chi connectivity index (χ2v) is 5.14. The number of amides is 1. The van der Waals surface area contributed by atoms with Gasteiger partial charge in [0.1, 0.15) is 0 Å². The molecule has 0 saturated carbocycles. The molecule has 2 rings (SSSR count). The minimum atomic E-state index is -0.503. The Morgan fingerprint density at radius 2 is 1.83 bits per heavy atom. The molecule has 0 aromatic heterocycles. The van der Waals surface area contributed by atoms with E-state index in [0.29, 0.717) is 16.3 Å². The zero-order valence-corrected chi connectivity index (χ0v) is 11.0. The number of rotatable bonds is 3. The molecule has 0 unspecified atom stereocenters. The van der Waals surface area contributed by atoms with Gasteiger partial charge in [-0.1, -0.05) is 35.5 Å². The summed E-state index contributed by atoms with van der Waals surface area (Å²) in [5.74, 6) is -0.503. The number of halogens is 1. The molecule has 2 aromatic carbocycles. The predicted octanol–water partition coefficient (Wildman–Crippen LogP) is 3.17. The Kier molecular flexibility index (Phi) is 3.79. The number of benzene rings is 2. The summed E-state index contributed by atoms with van der Waals surface area (Å²) in [6.07, 6.45) is 0. The van der Waals surface area contributed by atoms with E-state index in [1.54, 1.807) is 24.3 Å². The van der Waals surface area contributed by atoms with Crippen molar-refractivity contribution in [3.05, 3.63) is 53.1 Å². The van der Waals surface area contributed by atoms with Gasteiger partial charge < -0.3 is 11.5 Å². The van der Waals surface area contributed by atoms with Crippen molar-refractivity contribution >= 4 is 35.0 Å². The molecule has 0 bridgehead atoms. The predicted molar refractivity (Wildman–Crippen MR) is 74.9 cm³/mol. The lowest BCUT2D eigenvalue weighted by molar-refractivity contribution is 0.0997. The van der Waals surface area contributed by atoms with Crippen LogP contribution in [0, 0.1) is 0 Å². The van der Waals surface area contributed by atoms with E-state index in [1.165, 1.54) is 11.8 Å². The van der Waals surface area contributed by atoms with Crippen LogP contribution in [-0.2, 0) is 0 Å². The summed E-state index contributed by atoms with van der Waals surface area (Å²) in [6, 6.07) is 12.5. The molecule has 0 aliphatic heterocycles. The molecule has 3 nitrogen and oxygen atoms in total. The highest BCUT2D eigenvalue weighted by Crippen LogP contribution is 2.35. The van der Waals surface area contributed by atoms with E-state index in [2.05, 4.69) is 0 Å². The topological polar surface area (TPSA) is 69.1 Å². The average Bonchev–Trinajstić information content (AvgIpc) is 2.34. The van der Waals surface area contributed by atoms with Crippen LogP contribution >= 0.6 is 23.4 Å². The lowest BCUT2D eigenvalue weighted by Gasteiger charge is -2.08. The Morgan fingerprint density at radius 3 is 2.50 bits per heavy atom. The molecule has 0 atom stereocenters. The molecular weight excluding hydrogens is 268 g/mol. The first kappa shape index (κ1) is 12.8. The molecule has 2 aromatic rings. The fourth-order valence-electron chi connectivity index (χ4n) is 1.48. The molecule has 1 amide bonds. The first-order chi connectivity index (χ1) is 8.58. The Morgan fingerprint density at radius 1 is 1.11 bits per heavy atom. The fraction of sp³-hybridized carbons (Fsp3) is 0. The largest absolute Gasteiger partial charge is 0.399 e. The molecule has 0 heterocycles. The number of anilines is 1. The van der Waals surface area contributed by atoms with Gasteiger partial charge in [0.15, 0.2) is 0 Å². The van der Waals surface area contributed by atoms with Gasteiger partial charge in [0.2, 0.25) is 5.91 Å². The van der Waals surface area contributed by atoms with Crippen molar-refractivity contribution in [3.8, 4) is 0 Å². The number of nitrogens with two attached hydrogens (primary N) is 2. The number of hydrogen-bond acceptors (Lipinski definition) is 3. The monoisotopic (exact) mass is 278 g/mol. The molecule has 0 aliphatic rings. The zero-order chi connectivity index (χ0) is 13.1. The van der Waals surface area contributed by atoms with Gasteiger partial charge in [-0.05, 0) is 30.3 Å². The van der Waals surface area contributed by atoms with Crippen LogP contribution in [0.25, 0.3) is 0 Å². The second-order valence-electron chi connectivity index (χ2n) is 3.65. The van der Waals surface area contributed by atoms with E-state index in [-0.39, 0.29) is 0 Å². The second kappa shape index (κ2) is 5.33. The zero-order valence-electron chi connectivity index (χ0n) is 9.39. The summed E-state index contributed by atoms with van der Waals surface area (Å²) in [4.78, 5) is 13.0. The quantitative estimate of drug-likeness (QED) is 0.847. The van der Waals surface area contributed by atoms with Gasteiger partial charge in [0, 0.05) is 15.5 Å². The summed E-state index contributed by atoms with van der Waals surface area (Å²) >= 11 is 7.47. The molecule has 0 fully saturated rings. The highest BCUT2D eigenvalue weighted by Gasteiger charge is 2.11. The van der Waals surface area contributed by atoms with Crippen LogP contribution in [0.2, 0.25) is 5.02 Å². The third-order valence-electron chi connectivity index (χ3n) is 2.33. The summed E-state index contributed by atoms with van der Waals surface area (Å²) in [7, 11) is 0. The first-order valence-corrected chi connectivity index (χ1v) is 6.39. The van der Waals surface area contributed by atoms with Crippen molar-refractivity contribution in [1.82, 2.24) is 0 Å². The Hall–Kier alpha value is -1.65. The number of hydrogen-bond donors (Lipinski definition) is 2. The third kappa shape index (κ3) is 2.78. The smallest absolute Gasteiger partial charge is 0.249 e. The van der Waals surface area contributed by atoms with Crippen molar-refractivity contribution in [2.75, 3.05) is 5.73 Å². The van der Waals surface area contributed by atoms with E-state index < -0.39 is 5.91 Å². The van der Waals surface area contributed by atoms with E-state index in [9.17, 15) is 4.79 Å². The molecule has 18 heavy (non-hydrogen) atoms. The lowest BCUT2D eigenvalue weighted by Crippen LogP contribution is -2.12. The minimum absolute atomic E-state index is 0.403. The Balaban J connectivity index is 2.41. The number of nitrogen functional groups attached to an aromatic ring is 1. The normalized spacial score (nSPS) is 10.3. The Labute approximate surface area is 114 Å². The molecule has 0 radical (unpaired) electrons. The average molecular weight is 279 g/mol. The van der Waals surface area contributed by atoms with E-state index in [0.717, 1.165) is 9.79 Å². The van der Waals surface area contributed by atoms with Crippen LogP contribution in [0.3, 0.4) is 0 Å². The number of carbonyl (C=O) groups excluding carboxylic acids is 1. The minimum Gasteiger partial charge on any atom is -0.399 e. The molecule has 5 heteroatoms. The maximum atomic E-state index is 11.4. The van der Waals surface area contributed by atoms with Gasteiger partial charge in [0.25, 0.3) is 0 Å². The molecule has 0 aliphatic carbocycles. The van der Waals surface area contributed by atoms with Crippen molar-refractivity contribution in [2.45, 2.75) is 9.79 Å². The standard InChI is InChI=1S/C13H11ClN2OS/c14-10-3-1-2-4-12(10)18-11-6-5-8(15)7-9(11)13(16)17/h1-7H,15H2,(H2,16,17). The van der Waals surface area contributed by atoms with E-state index in [4.69, 9.17) is 23.1 Å². The van der Waals surface area contributed by atoms with Gasteiger partial charge in [-0.25, -0.2) is 0 Å². The number of primary amides is 1. The van der Waals surface area contributed by atoms with Crippen LogP contribution in [0.5, 0.6) is 0 Å². The highest BCUT2D eigenvalue weighted by atomic mass is 35.5. The van der Waals surface area contributed by atoms with Gasteiger partial charge in [-0.15, -0.1) is 0 Å². The van der Waals surface area contributed by atoms with Crippen LogP contribution < -0.4 is 11.5 Å². The third-order valence-corrected chi connectivity index (χ3v) is 3.92. The fourth-order valence-corrected chi connectivity index (χ4v) is 2.68. The maximum absolute atomic E-state index is 11.4. The lowest BCUT2D eigenvalue weighted by atomic mass is 10.2. The molecule has 4 N–H and O–H groups in total. The molecule has 0 spiro atoms.